The molecule has 0 aliphatic heterocycles. The van der Waals surface area contributed by atoms with Crippen molar-refractivity contribution in [3.05, 3.63) is 52.0 Å². The normalized spacial score (nSPS) is 12.6. The predicted molar refractivity (Wildman–Crippen MR) is 73.5 cm³/mol. The van der Waals surface area contributed by atoms with Gasteiger partial charge in [0.15, 0.2) is 0 Å². The van der Waals surface area contributed by atoms with Crippen LogP contribution in [0.4, 0.5) is 0 Å². The predicted octanol–water partition coefficient (Wildman–Crippen LogP) is 4.17. The second-order valence-electron chi connectivity index (χ2n) is 3.95. The number of aromatic nitrogens is 1. The van der Waals surface area contributed by atoms with Gasteiger partial charge in [0.1, 0.15) is 0 Å². The Bertz CT molecular complexity index is 439. The summed E-state index contributed by atoms with van der Waals surface area (Å²) in [5.41, 5.74) is 5.80. The molecule has 1 aromatic heterocycles. The van der Waals surface area contributed by atoms with E-state index >= 15 is 0 Å². The number of halogens is 1. The number of hydrogen-bond donors (Lipinski definition) is 0. The van der Waals surface area contributed by atoms with Crippen LogP contribution in [0.2, 0.25) is 0 Å². The summed E-state index contributed by atoms with van der Waals surface area (Å²) in [6.07, 6.45) is 1.01. The van der Waals surface area contributed by atoms with Crippen molar-refractivity contribution in [3.8, 4) is 0 Å². The number of benzene rings is 1. The molecule has 0 aliphatic rings. The van der Waals surface area contributed by atoms with E-state index in [-0.39, 0.29) is 0 Å². The molecule has 1 unspecified atom stereocenters. The highest BCUT2D eigenvalue weighted by atomic mass is 79.9. The number of nitrogens with zero attached hydrogens (tertiary/aromatic N) is 1. The molecule has 0 N–H and O–H groups in total. The van der Waals surface area contributed by atoms with Gasteiger partial charge in [0, 0.05) is 10.7 Å². The van der Waals surface area contributed by atoms with E-state index in [1.165, 1.54) is 16.8 Å². The Kier molecular flexibility index (Phi) is 4.13. The highest BCUT2D eigenvalue weighted by Crippen LogP contribution is 2.23. The molecule has 0 fully saturated rings. The molecule has 1 aromatic carbocycles. The van der Waals surface area contributed by atoms with Crippen molar-refractivity contribution >= 4 is 27.3 Å². The number of aryl methyl sites for hydroxylation is 1. The fourth-order valence-electron chi connectivity index (χ4n) is 1.78. The zero-order valence-corrected chi connectivity index (χ0v) is 11.6. The molecule has 0 amide bonds. The lowest BCUT2D eigenvalue weighted by Gasteiger charge is -2.13. The standard InChI is InChI=1S/C13H14BrNS/c1-10-3-2-4-11(5-10)12(7-14)6-13-8-16-9-15-13/h2-5,8-9,12H,6-7H2,1H3. The van der Waals surface area contributed by atoms with Crippen LogP contribution in [0.3, 0.4) is 0 Å². The van der Waals surface area contributed by atoms with Crippen molar-refractivity contribution in [1.82, 2.24) is 4.98 Å². The monoisotopic (exact) mass is 295 g/mol. The molecule has 0 radical (unpaired) electrons. The Morgan fingerprint density at radius 1 is 1.44 bits per heavy atom. The van der Waals surface area contributed by atoms with Crippen molar-refractivity contribution in [2.24, 2.45) is 0 Å². The van der Waals surface area contributed by atoms with Crippen LogP contribution in [-0.2, 0) is 6.42 Å². The first-order valence-electron chi connectivity index (χ1n) is 5.29. The molecule has 0 saturated carbocycles. The van der Waals surface area contributed by atoms with E-state index in [4.69, 9.17) is 0 Å². The summed E-state index contributed by atoms with van der Waals surface area (Å²) in [6, 6.07) is 8.72. The molecule has 3 heteroatoms. The minimum atomic E-state index is 0.516. The molecule has 0 aliphatic carbocycles. The van der Waals surface area contributed by atoms with Crippen molar-refractivity contribution in [3.63, 3.8) is 0 Å². The lowest BCUT2D eigenvalue weighted by Crippen LogP contribution is -2.04. The van der Waals surface area contributed by atoms with E-state index in [0.29, 0.717) is 5.92 Å². The quantitative estimate of drug-likeness (QED) is 0.772. The fraction of sp³-hybridized carbons (Fsp3) is 0.308. The van der Waals surface area contributed by atoms with Crippen molar-refractivity contribution in [2.75, 3.05) is 5.33 Å². The average molecular weight is 296 g/mol. The van der Waals surface area contributed by atoms with Crippen LogP contribution in [0, 0.1) is 6.92 Å². The zero-order chi connectivity index (χ0) is 11.4. The maximum absolute atomic E-state index is 4.35. The molecule has 0 saturated heterocycles. The molecule has 2 aromatic rings. The van der Waals surface area contributed by atoms with Gasteiger partial charge in [-0.3, -0.25) is 0 Å². The van der Waals surface area contributed by atoms with Gasteiger partial charge >= 0.3 is 0 Å². The van der Waals surface area contributed by atoms with Crippen LogP contribution in [0.5, 0.6) is 0 Å². The van der Waals surface area contributed by atoms with Crippen molar-refractivity contribution in [1.29, 1.82) is 0 Å². The highest BCUT2D eigenvalue weighted by molar-refractivity contribution is 9.09. The Labute approximate surface area is 109 Å². The summed E-state index contributed by atoms with van der Waals surface area (Å²) in [6.45, 7) is 2.14. The van der Waals surface area contributed by atoms with Gasteiger partial charge in [-0.05, 0) is 24.8 Å². The number of hydrogen-bond acceptors (Lipinski definition) is 2. The molecular weight excluding hydrogens is 282 g/mol. The number of rotatable bonds is 4. The molecular formula is C13H14BrNS. The summed E-state index contributed by atoms with van der Waals surface area (Å²) in [4.78, 5) is 4.35. The maximum atomic E-state index is 4.35. The summed E-state index contributed by atoms with van der Waals surface area (Å²) in [5, 5.41) is 3.11. The van der Waals surface area contributed by atoms with Crippen molar-refractivity contribution < 1.29 is 0 Å². The zero-order valence-electron chi connectivity index (χ0n) is 9.19. The minimum Gasteiger partial charge on any atom is -0.250 e. The second-order valence-corrected chi connectivity index (χ2v) is 5.32. The van der Waals surface area contributed by atoms with Crippen molar-refractivity contribution in [2.45, 2.75) is 19.3 Å². The third-order valence-electron chi connectivity index (χ3n) is 2.64. The van der Waals surface area contributed by atoms with Gasteiger partial charge in [-0.1, -0.05) is 45.8 Å². The summed E-state index contributed by atoms with van der Waals surface area (Å²) in [5.74, 6) is 0.516. The van der Waals surface area contributed by atoms with Crippen LogP contribution >= 0.6 is 27.3 Å². The minimum absolute atomic E-state index is 0.516. The van der Waals surface area contributed by atoms with Crippen LogP contribution in [-0.4, -0.2) is 10.3 Å². The summed E-state index contributed by atoms with van der Waals surface area (Å²) < 4.78 is 0. The second kappa shape index (κ2) is 5.60. The molecule has 1 atom stereocenters. The SMILES string of the molecule is Cc1cccc(C(CBr)Cc2cscn2)c1. The van der Waals surface area contributed by atoms with Gasteiger partial charge in [0.25, 0.3) is 0 Å². The van der Waals surface area contributed by atoms with E-state index in [1.807, 2.05) is 5.51 Å². The maximum Gasteiger partial charge on any atom is 0.0794 e. The van der Waals surface area contributed by atoms with E-state index in [0.717, 1.165) is 11.8 Å². The van der Waals surface area contributed by atoms with E-state index in [9.17, 15) is 0 Å². The van der Waals surface area contributed by atoms with Gasteiger partial charge in [0.05, 0.1) is 11.2 Å². The van der Waals surface area contributed by atoms with Gasteiger partial charge in [-0.15, -0.1) is 11.3 Å². The first kappa shape index (κ1) is 11.8. The first-order chi connectivity index (χ1) is 7.79. The summed E-state index contributed by atoms with van der Waals surface area (Å²) >= 11 is 5.26. The molecule has 0 bridgehead atoms. The Hall–Kier alpha value is -0.670. The largest absolute Gasteiger partial charge is 0.250 e. The van der Waals surface area contributed by atoms with Gasteiger partial charge in [0.2, 0.25) is 0 Å². The topological polar surface area (TPSA) is 12.9 Å². The van der Waals surface area contributed by atoms with Crippen LogP contribution in [0.15, 0.2) is 35.2 Å². The van der Waals surface area contributed by atoms with Gasteiger partial charge in [-0.25, -0.2) is 4.98 Å². The van der Waals surface area contributed by atoms with E-state index < -0.39 is 0 Å². The summed E-state index contributed by atoms with van der Waals surface area (Å²) in [7, 11) is 0. The smallest absolute Gasteiger partial charge is 0.0794 e. The third kappa shape index (κ3) is 2.92. The highest BCUT2D eigenvalue weighted by Gasteiger charge is 2.12. The molecule has 1 heterocycles. The molecule has 1 nitrogen and oxygen atoms in total. The Balaban J connectivity index is 2.16. The number of alkyl halides is 1. The Morgan fingerprint density at radius 2 is 2.31 bits per heavy atom. The van der Waals surface area contributed by atoms with E-state index in [1.54, 1.807) is 11.3 Å². The molecule has 0 spiro atoms. The fourth-order valence-corrected chi connectivity index (χ4v) is 2.95. The Morgan fingerprint density at radius 3 is 2.94 bits per heavy atom. The lowest BCUT2D eigenvalue weighted by molar-refractivity contribution is 0.759. The van der Waals surface area contributed by atoms with Crippen LogP contribution in [0.25, 0.3) is 0 Å². The van der Waals surface area contributed by atoms with E-state index in [2.05, 4.69) is 57.5 Å². The van der Waals surface area contributed by atoms with Gasteiger partial charge in [-0.2, -0.15) is 0 Å². The lowest BCUT2D eigenvalue weighted by atomic mass is 9.95. The first-order valence-corrected chi connectivity index (χ1v) is 7.35. The van der Waals surface area contributed by atoms with Crippen LogP contribution in [0.1, 0.15) is 22.7 Å². The molecule has 16 heavy (non-hydrogen) atoms. The van der Waals surface area contributed by atoms with Crippen LogP contribution < -0.4 is 0 Å². The number of thiazole rings is 1. The van der Waals surface area contributed by atoms with Gasteiger partial charge < -0.3 is 0 Å². The average Bonchev–Trinajstić information content (AvgIpc) is 2.78. The third-order valence-corrected chi connectivity index (χ3v) is 4.06. The molecule has 84 valence electrons. The molecule has 2 rings (SSSR count).